The number of carbonyl (C=O) groups excluding carboxylic acids is 3. The number of hydrogen-bond acceptors (Lipinski definition) is 7. The van der Waals surface area contributed by atoms with E-state index in [2.05, 4.69) is 10.6 Å². The summed E-state index contributed by atoms with van der Waals surface area (Å²) in [7, 11) is 0. The number of urea groups is 1. The fraction of sp³-hybridized carbons (Fsp3) is 0.348. The Morgan fingerprint density at radius 1 is 1.06 bits per heavy atom. The lowest BCUT2D eigenvalue weighted by atomic mass is 9.91. The van der Waals surface area contributed by atoms with E-state index >= 15 is 0 Å². The summed E-state index contributed by atoms with van der Waals surface area (Å²) >= 11 is 0. The molecule has 10 heteroatoms. The highest BCUT2D eigenvalue weighted by atomic mass is 16.6. The molecule has 5 rings (SSSR count). The molecule has 3 aliphatic rings. The molecule has 3 aliphatic heterocycles. The average molecular weight is 453 g/mol. The van der Waals surface area contributed by atoms with Crippen molar-refractivity contribution in [1.29, 1.82) is 0 Å². The van der Waals surface area contributed by atoms with Crippen LogP contribution in [-0.2, 0) is 15.1 Å². The molecule has 1 saturated heterocycles. The maximum Gasteiger partial charge on any atom is 0.325 e. The van der Waals surface area contributed by atoms with Crippen LogP contribution in [0.25, 0.3) is 0 Å². The van der Waals surface area contributed by atoms with Crippen LogP contribution in [0.4, 0.5) is 4.79 Å². The first-order valence-corrected chi connectivity index (χ1v) is 10.6. The highest BCUT2D eigenvalue weighted by Gasteiger charge is 2.49. The van der Waals surface area contributed by atoms with E-state index < -0.39 is 29.9 Å². The largest absolute Gasteiger partial charge is 0.486 e. The van der Waals surface area contributed by atoms with Crippen molar-refractivity contribution in [2.45, 2.75) is 18.6 Å². The van der Waals surface area contributed by atoms with Gasteiger partial charge in [-0.2, -0.15) is 0 Å². The number of nitrogens with one attached hydrogen (secondary N) is 2. The number of imide groups is 1. The summed E-state index contributed by atoms with van der Waals surface area (Å²) in [6.45, 7) is 2.50. The average Bonchev–Trinajstić information content (AvgIpc) is 3.06. The number of nitrogens with zero attached hydrogens (tertiary/aromatic N) is 1. The third-order valence-corrected chi connectivity index (χ3v) is 5.79. The molecule has 3 heterocycles. The number of ether oxygens (including phenoxy) is 4. The van der Waals surface area contributed by atoms with Crippen molar-refractivity contribution in [2.75, 3.05) is 32.9 Å². The number of carbonyl (C=O) groups is 3. The maximum absolute atomic E-state index is 13.1. The fourth-order valence-corrected chi connectivity index (χ4v) is 3.98. The molecule has 2 aromatic carbocycles. The Bertz CT molecular complexity index is 1120. The van der Waals surface area contributed by atoms with E-state index in [9.17, 15) is 14.4 Å². The van der Waals surface area contributed by atoms with E-state index in [-0.39, 0.29) is 19.3 Å². The van der Waals surface area contributed by atoms with Gasteiger partial charge in [0.2, 0.25) is 5.91 Å². The molecule has 0 unspecified atom stereocenters. The van der Waals surface area contributed by atoms with Crippen molar-refractivity contribution in [3.8, 4) is 23.0 Å². The molecule has 0 bridgehead atoms. The van der Waals surface area contributed by atoms with Crippen molar-refractivity contribution in [2.24, 2.45) is 0 Å². The topological polar surface area (TPSA) is 115 Å². The molecular weight excluding hydrogens is 430 g/mol. The summed E-state index contributed by atoms with van der Waals surface area (Å²) in [5, 5.41) is 5.40. The Morgan fingerprint density at radius 3 is 2.61 bits per heavy atom. The van der Waals surface area contributed by atoms with Gasteiger partial charge in [-0.05, 0) is 36.8 Å². The standard InChI is InChI=1S/C23H23N3O7/c1-23(14-6-7-17-19(10-14)31-9-8-30-17)21(28)26(22(29)25-23)12-20(27)24-11-15-13-32-16-4-2-3-5-18(16)33-15/h2-7,10,15H,8-9,11-13H2,1H3,(H,24,27)(H,25,29)/t15-,23+/m1/s1. The number of amides is 4. The maximum atomic E-state index is 13.1. The van der Waals surface area contributed by atoms with Gasteiger partial charge in [0.05, 0.1) is 6.54 Å². The van der Waals surface area contributed by atoms with Gasteiger partial charge in [0.1, 0.15) is 38.0 Å². The SMILES string of the molecule is C[C@@]1(c2ccc3c(c2)OCCO3)NC(=O)N(CC(=O)NC[C@@H]2COc3ccccc3O2)C1=O. The highest BCUT2D eigenvalue weighted by molar-refractivity contribution is 6.09. The predicted molar refractivity (Wildman–Crippen MR) is 114 cm³/mol. The van der Waals surface area contributed by atoms with Crippen molar-refractivity contribution >= 4 is 17.8 Å². The first kappa shape index (κ1) is 20.9. The van der Waals surface area contributed by atoms with Crippen LogP contribution in [0, 0.1) is 0 Å². The molecule has 0 radical (unpaired) electrons. The van der Waals surface area contributed by atoms with Crippen LogP contribution < -0.4 is 29.6 Å². The Morgan fingerprint density at radius 2 is 1.79 bits per heavy atom. The Kier molecular flexibility index (Phi) is 5.20. The van der Waals surface area contributed by atoms with E-state index in [4.69, 9.17) is 18.9 Å². The quantitative estimate of drug-likeness (QED) is 0.654. The summed E-state index contributed by atoms with van der Waals surface area (Å²) in [5.41, 5.74) is -0.781. The number of benzene rings is 2. The zero-order valence-electron chi connectivity index (χ0n) is 18.0. The molecule has 2 N–H and O–H groups in total. The van der Waals surface area contributed by atoms with Gasteiger partial charge in [0, 0.05) is 0 Å². The van der Waals surface area contributed by atoms with Gasteiger partial charge in [0.15, 0.2) is 23.0 Å². The second kappa shape index (κ2) is 8.19. The number of fused-ring (bicyclic) bond motifs is 2. The van der Waals surface area contributed by atoms with Gasteiger partial charge in [-0.25, -0.2) is 4.79 Å². The zero-order chi connectivity index (χ0) is 23.0. The molecule has 0 aliphatic carbocycles. The van der Waals surface area contributed by atoms with Gasteiger partial charge in [-0.1, -0.05) is 18.2 Å². The molecular formula is C23H23N3O7. The smallest absolute Gasteiger partial charge is 0.325 e. The molecule has 1 fully saturated rings. The molecule has 10 nitrogen and oxygen atoms in total. The molecule has 0 spiro atoms. The van der Waals surface area contributed by atoms with Crippen LogP contribution in [0.15, 0.2) is 42.5 Å². The van der Waals surface area contributed by atoms with Crippen LogP contribution in [0.2, 0.25) is 0 Å². The van der Waals surface area contributed by atoms with Gasteiger partial charge in [-0.3, -0.25) is 14.5 Å². The molecule has 172 valence electrons. The Hall–Kier alpha value is -3.95. The first-order valence-electron chi connectivity index (χ1n) is 10.6. The third-order valence-electron chi connectivity index (χ3n) is 5.79. The number of hydrogen-bond donors (Lipinski definition) is 2. The minimum atomic E-state index is -1.32. The van der Waals surface area contributed by atoms with Crippen LogP contribution >= 0.6 is 0 Å². The lowest BCUT2D eigenvalue weighted by Crippen LogP contribution is -2.46. The van der Waals surface area contributed by atoms with E-state index in [0.717, 1.165) is 4.90 Å². The number of rotatable bonds is 5. The molecule has 0 aromatic heterocycles. The van der Waals surface area contributed by atoms with Crippen LogP contribution in [0.5, 0.6) is 23.0 Å². The minimum absolute atomic E-state index is 0.177. The summed E-state index contributed by atoms with van der Waals surface area (Å²) in [6, 6.07) is 11.7. The van der Waals surface area contributed by atoms with Crippen molar-refractivity contribution in [3.05, 3.63) is 48.0 Å². The minimum Gasteiger partial charge on any atom is -0.486 e. The summed E-state index contributed by atoms with van der Waals surface area (Å²) in [4.78, 5) is 39.1. The Labute approximate surface area is 189 Å². The predicted octanol–water partition coefficient (Wildman–Crippen LogP) is 1.18. The van der Waals surface area contributed by atoms with Gasteiger partial charge < -0.3 is 29.6 Å². The first-order chi connectivity index (χ1) is 15.9. The van der Waals surface area contributed by atoms with Crippen LogP contribution in [0.1, 0.15) is 12.5 Å². The lowest BCUT2D eigenvalue weighted by Gasteiger charge is -2.27. The van der Waals surface area contributed by atoms with Crippen LogP contribution in [-0.4, -0.2) is 61.8 Å². The number of para-hydroxylation sites is 2. The van der Waals surface area contributed by atoms with E-state index in [0.29, 0.717) is 41.8 Å². The highest BCUT2D eigenvalue weighted by Crippen LogP contribution is 2.37. The second-order valence-electron chi connectivity index (χ2n) is 8.11. The van der Waals surface area contributed by atoms with Gasteiger partial charge in [0.25, 0.3) is 5.91 Å². The lowest BCUT2D eigenvalue weighted by molar-refractivity contribution is -0.134. The molecule has 0 saturated carbocycles. The summed E-state index contributed by atoms with van der Waals surface area (Å²) in [6.07, 6.45) is -0.380. The van der Waals surface area contributed by atoms with E-state index in [1.165, 1.54) is 0 Å². The van der Waals surface area contributed by atoms with Crippen molar-refractivity contribution < 1.29 is 33.3 Å². The second-order valence-corrected chi connectivity index (χ2v) is 8.11. The molecule has 33 heavy (non-hydrogen) atoms. The van der Waals surface area contributed by atoms with Crippen molar-refractivity contribution in [1.82, 2.24) is 15.5 Å². The Balaban J connectivity index is 1.21. The molecule has 2 aromatic rings. The zero-order valence-corrected chi connectivity index (χ0v) is 18.0. The summed E-state index contributed by atoms with van der Waals surface area (Å²) in [5.74, 6) is 1.34. The van der Waals surface area contributed by atoms with Gasteiger partial charge >= 0.3 is 6.03 Å². The van der Waals surface area contributed by atoms with E-state index in [1.807, 2.05) is 12.1 Å². The fourth-order valence-electron chi connectivity index (χ4n) is 3.98. The third kappa shape index (κ3) is 3.88. The molecule has 4 amide bonds. The molecule has 2 atom stereocenters. The monoisotopic (exact) mass is 453 g/mol. The van der Waals surface area contributed by atoms with Gasteiger partial charge in [-0.15, -0.1) is 0 Å². The summed E-state index contributed by atoms with van der Waals surface area (Å²) < 4.78 is 22.5. The van der Waals surface area contributed by atoms with Crippen LogP contribution in [0.3, 0.4) is 0 Å². The van der Waals surface area contributed by atoms with Crippen molar-refractivity contribution in [3.63, 3.8) is 0 Å². The van der Waals surface area contributed by atoms with E-state index in [1.54, 1.807) is 37.3 Å². The normalized spacial score (nSPS) is 23.2.